The van der Waals surface area contributed by atoms with E-state index in [4.69, 9.17) is 19.4 Å². The van der Waals surface area contributed by atoms with Crippen molar-refractivity contribution in [2.45, 2.75) is 19.4 Å². The molecule has 1 aromatic carbocycles. The summed E-state index contributed by atoms with van der Waals surface area (Å²) in [7, 11) is 1.62. The summed E-state index contributed by atoms with van der Waals surface area (Å²) in [6.07, 6.45) is 5.92. The molecule has 0 aliphatic carbocycles. The van der Waals surface area contributed by atoms with Crippen LogP contribution in [0.25, 0.3) is 33.3 Å². The van der Waals surface area contributed by atoms with E-state index in [-0.39, 0.29) is 12.1 Å². The van der Waals surface area contributed by atoms with Crippen LogP contribution in [-0.2, 0) is 4.74 Å². The van der Waals surface area contributed by atoms with Crippen LogP contribution >= 0.6 is 0 Å². The largest absolute Gasteiger partial charge is 0.480 e. The van der Waals surface area contributed by atoms with Crippen molar-refractivity contribution >= 4 is 28.1 Å². The van der Waals surface area contributed by atoms with Gasteiger partial charge in [-0.15, -0.1) is 0 Å². The van der Waals surface area contributed by atoms with Gasteiger partial charge in [-0.1, -0.05) is 18.2 Å². The van der Waals surface area contributed by atoms with E-state index >= 15 is 0 Å². The van der Waals surface area contributed by atoms with E-state index in [0.717, 1.165) is 54.9 Å². The monoisotopic (exact) mass is 553 g/mol. The molecule has 41 heavy (non-hydrogen) atoms. The number of ether oxygens (including phenoxy) is 2. The third-order valence-corrected chi connectivity index (χ3v) is 8.02. The Kier molecular flexibility index (Phi) is 6.56. The smallest absolute Gasteiger partial charge is 0.332 e. The van der Waals surface area contributed by atoms with E-state index in [2.05, 4.69) is 30.9 Å². The van der Waals surface area contributed by atoms with Gasteiger partial charge in [0.1, 0.15) is 29.5 Å². The Hall–Kier alpha value is -4.42. The van der Waals surface area contributed by atoms with Crippen LogP contribution in [0.3, 0.4) is 0 Å². The molecule has 1 amide bonds. The van der Waals surface area contributed by atoms with Crippen molar-refractivity contribution in [3.63, 3.8) is 0 Å². The van der Waals surface area contributed by atoms with Crippen LogP contribution in [0, 0.1) is 12.8 Å². The third-order valence-electron chi connectivity index (χ3n) is 8.02. The number of aryl methyl sites for hydroxylation is 1. The van der Waals surface area contributed by atoms with Gasteiger partial charge >= 0.3 is 6.03 Å². The van der Waals surface area contributed by atoms with Crippen molar-refractivity contribution in [1.82, 2.24) is 44.3 Å². The molecule has 2 atom stereocenters. The molecule has 1 unspecified atom stereocenters. The molecule has 2 saturated heterocycles. The molecule has 12 heteroatoms. The number of hydrogen-bond acceptors (Lipinski definition) is 9. The minimum Gasteiger partial charge on any atom is -0.480 e. The number of nitrogens with one attached hydrogen (secondary N) is 1. The Labute approximate surface area is 236 Å². The zero-order chi connectivity index (χ0) is 27.9. The maximum Gasteiger partial charge on any atom is 0.332 e. The minimum absolute atomic E-state index is 0.180. The second-order valence-corrected chi connectivity index (χ2v) is 10.6. The van der Waals surface area contributed by atoms with Crippen LogP contribution in [0.1, 0.15) is 24.1 Å². The molecule has 2 aliphatic heterocycles. The van der Waals surface area contributed by atoms with Gasteiger partial charge < -0.3 is 19.4 Å². The van der Waals surface area contributed by atoms with Crippen molar-refractivity contribution in [3.8, 4) is 17.1 Å². The summed E-state index contributed by atoms with van der Waals surface area (Å²) >= 11 is 0. The summed E-state index contributed by atoms with van der Waals surface area (Å²) < 4.78 is 12.9. The molecule has 5 aromatic rings. The number of hydrogen-bond donors (Lipinski definition) is 1. The molecule has 7 rings (SSSR count). The number of imidazole rings is 2. The summed E-state index contributed by atoms with van der Waals surface area (Å²) in [6, 6.07) is 9.48. The van der Waals surface area contributed by atoms with Crippen molar-refractivity contribution in [3.05, 3.63) is 60.7 Å². The Morgan fingerprint density at radius 3 is 2.90 bits per heavy atom. The fourth-order valence-electron chi connectivity index (χ4n) is 5.95. The number of carbonyl (C=O) groups is 1. The van der Waals surface area contributed by atoms with Gasteiger partial charge in [0.25, 0.3) is 0 Å². The SMILES string of the molecule is COc1nc2ccccc2cc1-c1cnc([C@@H]2CN(CC3CCOC3)CCN2C(=O)n2c(C)nc3cncnc32)[nH]1. The molecule has 0 spiro atoms. The normalized spacial score (nSPS) is 19.8. The lowest BCUT2D eigenvalue weighted by molar-refractivity contribution is 0.0782. The lowest BCUT2D eigenvalue weighted by Crippen LogP contribution is -2.53. The van der Waals surface area contributed by atoms with Crippen molar-refractivity contribution < 1.29 is 14.3 Å². The third kappa shape index (κ3) is 4.68. The molecule has 0 saturated carbocycles. The van der Waals surface area contributed by atoms with Crippen LogP contribution < -0.4 is 4.74 Å². The molecular weight excluding hydrogens is 522 g/mol. The maximum atomic E-state index is 14.1. The fraction of sp³-hybridized carbons (Fsp3) is 0.379. The number of aromatic amines is 1. The number of nitrogens with zero attached hydrogens (tertiary/aromatic N) is 8. The number of rotatable bonds is 5. The van der Waals surface area contributed by atoms with Gasteiger partial charge in [-0.2, -0.15) is 0 Å². The standard InChI is InChI=1S/C29H31N9O3/c1-18-33-24-12-30-17-32-27(24)38(18)29(39)37-9-8-36(14-19-7-10-41-16-19)15-25(37)26-31-13-23(34-26)21-11-20-5-3-4-6-22(20)35-28(21)40-2/h3-6,11-13,17,19,25H,7-10,14-16H2,1-2H3,(H,31,34)/t19?,25-/m0/s1. The molecule has 6 heterocycles. The van der Waals surface area contributed by atoms with Gasteiger partial charge in [-0.3, -0.25) is 4.90 Å². The van der Waals surface area contributed by atoms with Crippen molar-refractivity contribution in [2.75, 3.05) is 46.5 Å². The van der Waals surface area contributed by atoms with Crippen molar-refractivity contribution in [1.29, 1.82) is 0 Å². The summed E-state index contributed by atoms with van der Waals surface area (Å²) in [5, 5.41) is 1.00. The number of aromatic nitrogens is 7. The van der Waals surface area contributed by atoms with E-state index < -0.39 is 0 Å². The number of fused-ring (bicyclic) bond motifs is 2. The fourth-order valence-corrected chi connectivity index (χ4v) is 5.95. The second kappa shape index (κ2) is 10.5. The highest BCUT2D eigenvalue weighted by atomic mass is 16.5. The van der Waals surface area contributed by atoms with Gasteiger partial charge in [0.15, 0.2) is 5.65 Å². The number of benzene rings is 1. The molecule has 1 N–H and O–H groups in total. The lowest BCUT2D eigenvalue weighted by atomic mass is 10.1. The molecule has 0 radical (unpaired) electrons. The van der Waals surface area contributed by atoms with E-state index in [1.807, 2.05) is 36.1 Å². The summed E-state index contributed by atoms with van der Waals surface area (Å²) in [5.74, 6) is 2.28. The van der Waals surface area contributed by atoms with Gasteiger partial charge in [-0.25, -0.2) is 34.3 Å². The van der Waals surface area contributed by atoms with E-state index in [1.54, 1.807) is 24.1 Å². The number of carbonyl (C=O) groups excluding carboxylic acids is 1. The predicted molar refractivity (Wildman–Crippen MR) is 152 cm³/mol. The molecule has 2 fully saturated rings. The molecule has 0 bridgehead atoms. The first-order valence-electron chi connectivity index (χ1n) is 13.8. The highest BCUT2D eigenvalue weighted by molar-refractivity contribution is 5.88. The Morgan fingerprint density at radius 2 is 2.05 bits per heavy atom. The summed E-state index contributed by atoms with van der Waals surface area (Å²) in [4.78, 5) is 44.4. The quantitative estimate of drug-likeness (QED) is 0.348. The Morgan fingerprint density at radius 1 is 1.15 bits per heavy atom. The Bertz CT molecular complexity index is 1730. The zero-order valence-electron chi connectivity index (χ0n) is 23.0. The minimum atomic E-state index is -0.314. The van der Waals surface area contributed by atoms with Crippen molar-refractivity contribution in [2.24, 2.45) is 5.92 Å². The van der Waals surface area contributed by atoms with E-state index in [1.165, 1.54) is 6.33 Å². The topological polar surface area (TPSA) is 127 Å². The summed E-state index contributed by atoms with van der Waals surface area (Å²) in [6.45, 7) is 6.27. The summed E-state index contributed by atoms with van der Waals surface area (Å²) in [5.41, 5.74) is 3.53. The first-order chi connectivity index (χ1) is 20.1. The zero-order valence-corrected chi connectivity index (χ0v) is 23.0. The van der Waals surface area contributed by atoms with Crippen LogP contribution in [0.5, 0.6) is 5.88 Å². The number of H-pyrrole nitrogens is 1. The molecule has 12 nitrogen and oxygen atoms in total. The molecule has 210 valence electrons. The molecule has 4 aromatic heterocycles. The number of methoxy groups -OCH3 is 1. The van der Waals surface area contributed by atoms with Gasteiger partial charge in [0.05, 0.1) is 42.9 Å². The van der Waals surface area contributed by atoms with Crippen LogP contribution in [0.4, 0.5) is 4.79 Å². The van der Waals surface area contributed by atoms with E-state index in [9.17, 15) is 4.79 Å². The average Bonchev–Trinajstić information content (AvgIpc) is 3.76. The highest BCUT2D eigenvalue weighted by Crippen LogP contribution is 2.33. The lowest BCUT2D eigenvalue weighted by Gasteiger charge is -2.41. The molecular formula is C29H31N9O3. The van der Waals surface area contributed by atoms with E-state index in [0.29, 0.717) is 47.7 Å². The number of pyridine rings is 1. The number of piperazine rings is 1. The number of para-hydroxylation sites is 1. The Balaban J connectivity index is 1.25. The first-order valence-corrected chi connectivity index (χ1v) is 13.8. The average molecular weight is 554 g/mol. The van der Waals surface area contributed by atoms with Gasteiger partial charge in [-0.05, 0) is 31.4 Å². The van der Waals surface area contributed by atoms with Crippen LogP contribution in [0.15, 0.2) is 49.1 Å². The van der Waals surface area contributed by atoms with Crippen LogP contribution in [-0.4, -0.2) is 96.8 Å². The first kappa shape index (κ1) is 25.5. The second-order valence-electron chi connectivity index (χ2n) is 10.6. The number of amides is 1. The van der Waals surface area contributed by atoms with Gasteiger partial charge in [0.2, 0.25) is 5.88 Å². The van der Waals surface area contributed by atoms with Crippen LogP contribution in [0.2, 0.25) is 0 Å². The maximum absolute atomic E-state index is 14.1. The highest BCUT2D eigenvalue weighted by Gasteiger charge is 2.36. The van der Waals surface area contributed by atoms with Gasteiger partial charge in [0, 0.05) is 38.2 Å². The predicted octanol–water partition coefficient (Wildman–Crippen LogP) is 3.45. The molecule has 2 aliphatic rings.